The Labute approximate surface area is 511 Å². The predicted octanol–water partition coefficient (Wildman–Crippen LogP) is 23.7. The average molecular weight is 1150 g/mol. The third-order valence-corrected chi connectivity index (χ3v) is 14.0. The highest BCUT2D eigenvalue weighted by atomic mass is 16.6. The molecule has 468 valence electrons. The van der Waals surface area contributed by atoms with E-state index in [4.69, 9.17) is 14.2 Å². The van der Waals surface area contributed by atoms with Crippen molar-refractivity contribution in [1.29, 1.82) is 0 Å². The lowest BCUT2D eigenvalue weighted by Gasteiger charge is -2.18. The number of unbranched alkanes of at least 4 members (excludes halogenated alkanes) is 23. The van der Waals surface area contributed by atoms with Gasteiger partial charge in [0.2, 0.25) is 0 Å². The molecule has 6 heteroatoms. The maximum atomic E-state index is 12.8. The molecule has 0 N–H and O–H groups in total. The molecule has 0 spiro atoms. The molecule has 0 amide bonds. The summed E-state index contributed by atoms with van der Waals surface area (Å²) in [4.78, 5) is 38.0. The molecule has 0 bridgehead atoms. The van der Waals surface area contributed by atoms with Crippen LogP contribution in [-0.4, -0.2) is 37.2 Å². The zero-order valence-electron chi connectivity index (χ0n) is 53.7. The Balaban J connectivity index is 4.07. The number of hydrogen-bond acceptors (Lipinski definition) is 6. The molecule has 0 saturated carbocycles. The first-order valence-electron chi connectivity index (χ1n) is 34.0. The largest absolute Gasteiger partial charge is 0.462 e. The Kier molecular flexibility index (Phi) is 65.4. The standard InChI is InChI=1S/C77H124O6/c1-4-7-10-13-15-17-19-21-23-25-27-29-31-33-35-36-37-38-39-40-42-43-45-47-49-51-53-55-57-59-61-64-67-70-76(79)82-73-74(72-81-75(78)69-66-63-12-9-6-3)83-77(80)71-68-65-62-60-58-56-54-52-50-48-46-44-41-34-32-30-28-26-24-22-20-18-16-14-11-8-5-2/h7-8,10-11,15-18,21-24,27-30,33-35,37-38,41,46,48,52,54,74H,4-6,9,12-14,19-20,25-26,31-32,36,39-40,42-45,47,49-51,53,55-73H2,1-3H3/b10-7-,11-8-,17-15-,18-16-,23-21-,24-22-,29-27-,30-28-,35-33-,38-37-,41-34-,48-46-,54-52-. The van der Waals surface area contributed by atoms with Crippen LogP contribution in [-0.2, 0) is 28.6 Å². The van der Waals surface area contributed by atoms with Crippen LogP contribution in [0.15, 0.2) is 158 Å². The van der Waals surface area contributed by atoms with E-state index in [0.29, 0.717) is 19.3 Å². The quantitative estimate of drug-likeness (QED) is 0.0261. The molecule has 0 aromatic carbocycles. The van der Waals surface area contributed by atoms with E-state index in [-0.39, 0.29) is 31.1 Å². The Morgan fingerprint density at radius 3 is 0.735 bits per heavy atom. The molecular weight excluding hydrogens is 1020 g/mol. The van der Waals surface area contributed by atoms with Crippen LogP contribution >= 0.6 is 0 Å². The molecule has 0 aliphatic carbocycles. The van der Waals surface area contributed by atoms with Gasteiger partial charge in [0, 0.05) is 19.3 Å². The van der Waals surface area contributed by atoms with Crippen molar-refractivity contribution in [3.63, 3.8) is 0 Å². The van der Waals surface area contributed by atoms with Gasteiger partial charge in [-0.15, -0.1) is 0 Å². The van der Waals surface area contributed by atoms with Crippen LogP contribution in [0.5, 0.6) is 0 Å². The minimum Gasteiger partial charge on any atom is -0.462 e. The van der Waals surface area contributed by atoms with Gasteiger partial charge in [0.05, 0.1) is 0 Å². The molecule has 0 rings (SSSR count). The van der Waals surface area contributed by atoms with Crippen molar-refractivity contribution in [2.24, 2.45) is 0 Å². The summed E-state index contributed by atoms with van der Waals surface area (Å²) < 4.78 is 16.8. The summed E-state index contributed by atoms with van der Waals surface area (Å²) in [5.41, 5.74) is 0. The fourth-order valence-electron chi connectivity index (χ4n) is 9.01. The monoisotopic (exact) mass is 1140 g/mol. The summed E-state index contributed by atoms with van der Waals surface area (Å²) in [6, 6.07) is 0. The van der Waals surface area contributed by atoms with Gasteiger partial charge in [0.15, 0.2) is 6.10 Å². The van der Waals surface area contributed by atoms with E-state index < -0.39 is 6.10 Å². The van der Waals surface area contributed by atoms with Crippen molar-refractivity contribution < 1.29 is 28.6 Å². The summed E-state index contributed by atoms with van der Waals surface area (Å²) in [5, 5.41) is 0. The van der Waals surface area contributed by atoms with Crippen molar-refractivity contribution >= 4 is 17.9 Å². The normalized spacial score (nSPS) is 13.1. The van der Waals surface area contributed by atoms with Crippen LogP contribution < -0.4 is 0 Å². The lowest BCUT2D eigenvalue weighted by molar-refractivity contribution is -0.167. The molecular formula is C77H124O6. The lowest BCUT2D eigenvalue weighted by Crippen LogP contribution is -2.30. The summed E-state index contributed by atoms with van der Waals surface area (Å²) in [6.45, 7) is 6.31. The van der Waals surface area contributed by atoms with Crippen molar-refractivity contribution in [2.45, 2.75) is 297 Å². The topological polar surface area (TPSA) is 78.9 Å². The first-order valence-corrected chi connectivity index (χ1v) is 34.0. The number of rotatable bonds is 60. The molecule has 1 atom stereocenters. The van der Waals surface area contributed by atoms with Gasteiger partial charge in [-0.1, -0.05) is 301 Å². The van der Waals surface area contributed by atoms with E-state index in [1.165, 1.54) is 77.0 Å². The molecule has 0 fully saturated rings. The number of allylic oxidation sites excluding steroid dienone is 26. The SMILES string of the molecule is CC/C=C\C/C=C\C/C=C\C/C=C\C/C=C\C/C=C\C/C=C\CCCCCCCC(=O)OC(COC(=O)CCCCCCC)COC(=O)CCCCCCCCCCCCCCCC/C=C\C/C=C\C/C=C\C/C=C\C/C=C\C/C=C\CC. The highest BCUT2D eigenvalue weighted by molar-refractivity contribution is 5.71. The number of hydrogen-bond donors (Lipinski definition) is 0. The Morgan fingerprint density at radius 1 is 0.253 bits per heavy atom. The third kappa shape index (κ3) is 67.7. The number of ether oxygens (including phenoxy) is 3. The van der Waals surface area contributed by atoms with Crippen molar-refractivity contribution in [3.05, 3.63) is 158 Å². The summed E-state index contributed by atoms with van der Waals surface area (Å²) in [6.07, 6.45) is 102. The van der Waals surface area contributed by atoms with Gasteiger partial charge in [-0.3, -0.25) is 14.4 Å². The van der Waals surface area contributed by atoms with E-state index in [2.05, 4.69) is 179 Å². The number of esters is 3. The molecule has 0 aliphatic rings. The molecule has 0 heterocycles. The maximum absolute atomic E-state index is 12.8. The van der Waals surface area contributed by atoms with Crippen molar-refractivity contribution in [1.82, 2.24) is 0 Å². The molecule has 6 nitrogen and oxygen atoms in total. The molecule has 0 aromatic rings. The fourth-order valence-corrected chi connectivity index (χ4v) is 9.01. The van der Waals surface area contributed by atoms with E-state index in [1.807, 2.05) is 0 Å². The van der Waals surface area contributed by atoms with Crippen molar-refractivity contribution in [2.75, 3.05) is 13.2 Å². The minimum atomic E-state index is -0.792. The summed E-state index contributed by atoms with van der Waals surface area (Å²) in [5.74, 6) is -0.924. The molecule has 0 radical (unpaired) electrons. The lowest BCUT2D eigenvalue weighted by atomic mass is 10.0. The second-order valence-electron chi connectivity index (χ2n) is 22.0. The molecule has 0 saturated heterocycles. The molecule has 83 heavy (non-hydrogen) atoms. The van der Waals surface area contributed by atoms with Gasteiger partial charge in [-0.25, -0.2) is 0 Å². The summed E-state index contributed by atoms with van der Waals surface area (Å²) >= 11 is 0. The van der Waals surface area contributed by atoms with Crippen LogP contribution in [0.25, 0.3) is 0 Å². The van der Waals surface area contributed by atoms with Crippen LogP contribution in [0.2, 0.25) is 0 Å². The molecule has 0 aliphatic heterocycles. The Bertz CT molecular complexity index is 1840. The average Bonchev–Trinajstić information content (AvgIpc) is 3.49. The van der Waals surface area contributed by atoms with Crippen LogP contribution in [0.4, 0.5) is 0 Å². The van der Waals surface area contributed by atoms with Crippen LogP contribution in [0.1, 0.15) is 290 Å². The zero-order valence-corrected chi connectivity index (χ0v) is 53.7. The van der Waals surface area contributed by atoms with Crippen LogP contribution in [0.3, 0.4) is 0 Å². The highest BCUT2D eigenvalue weighted by Crippen LogP contribution is 2.16. The van der Waals surface area contributed by atoms with Gasteiger partial charge in [-0.05, 0) is 128 Å². The Hall–Kier alpha value is -4.97. The number of carbonyl (C=O) groups excluding carboxylic acids is 3. The number of carbonyl (C=O) groups is 3. The van der Waals surface area contributed by atoms with Crippen LogP contribution in [0, 0.1) is 0 Å². The van der Waals surface area contributed by atoms with E-state index >= 15 is 0 Å². The first kappa shape index (κ1) is 78.0. The summed E-state index contributed by atoms with van der Waals surface area (Å²) in [7, 11) is 0. The highest BCUT2D eigenvalue weighted by Gasteiger charge is 2.19. The molecule has 0 aromatic heterocycles. The minimum absolute atomic E-state index is 0.0902. The van der Waals surface area contributed by atoms with E-state index in [0.717, 1.165) is 173 Å². The first-order chi connectivity index (χ1) is 41.0. The smallest absolute Gasteiger partial charge is 0.306 e. The predicted molar refractivity (Wildman–Crippen MR) is 362 cm³/mol. The van der Waals surface area contributed by atoms with Gasteiger partial charge >= 0.3 is 17.9 Å². The fraction of sp³-hybridized carbons (Fsp3) is 0.623. The Morgan fingerprint density at radius 2 is 0.470 bits per heavy atom. The molecule has 1 unspecified atom stereocenters. The van der Waals surface area contributed by atoms with Crippen molar-refractivity contribution in [3.8, 4) is 0 Å². The van der Waals surface area contributed by atoms with E-state index in [1.54, 1.807) is 0 Å². The van der Waals surface area contributed by atoms with Gasteiger partial charge in [0.1, 0.15) is 13.2 Å². The van der Waals surface area contributed by atoms with Gasteiger partial charge in [-0.2, -0.15) is 0 Å². The van der Waals surface area contributed by atoms with Gasteiger partial charge < -0.3 is 14.2 Å². The zero-order chi connectivity index (χ0) is 59.9. The van der Waals surface area contributed by atoms with E-state index in [9.17, 15) is 14.4 Å². The third-order valence-electron chi connectivity index (χ3n) is 14.0. The second-order valence-corrected chi connectivity index (χ2v) is 22.0. The maximum Gasteiger partial charge on any atom is 0.306 e. The second kappa shape index (κ2) is 69.5. The van der Waals surface area contributed by atoms with Gasteiger partial charge in [0.25, 0.3) is 0 Å².